The number of aliphatic hydroxyl groups is 1. The number of hydrogen-bond acceptors (Lipinski definition) is 5. The highest BCUT2D eigenvalue weighted by atomic mass is 16.5. The monoisotopic (exact) mass is 454 g/mol. The van der Waals surface area contributed by atoms with Gasteiger partial charge >= 0.3 is 0 Å². The molecule has 4 rings (SSSR count). The van der Waals surface area contributed by atoms with E-state index in [2.05, 4.69) is 46.6 Å². The minimum atomic E-state index is -0.339. The molecule has 1 amide bonds. The largest absolute Gasteiger partial charge is 0.491 e. The Labute approximate surface area is 195 Å². The lowest BCUT2D eigenvalue weighted by Gasteiger charge is -2.49. The van der Waals surface area contributed by atoms with Crippen molar-refractivity contribution in [2.24, 2.45) is 5.41 Å². The second-order valence-corrected chi connectivity index (χ2v) is 8.86. The van der Waals surface area contributed by atoms with Gasteiger partial charge in [0.2, 0.25) is 5.91 Å². The van der Waals surface area contributed by atoms with Crippen molar-refractivity contribution in [1.29, 1.82) is 0 Å². The molecule has 0 bridgehead atoms. The summed E-state index contributed by atoms with van der Waals surface area (Å²) in [5.74, 6) is 0.994. The van der Waals surface area contributed by atoms with Crippen LogP contribution in [0.5, 0.6) is 5.75 Å². The maximum Gasteiger partial charge on any atom is 0.290 e. The lowest BCUT2D eigenvalue weighted by atomic mass is 9.73. The highest BCUT2D eigenvalue weighted by Crippen LogP contribution is 2.36. The lowest BCUT2D eigenvalue weighted by Crippen LogP contribution is -2.64. The van der Waals surface area contributed by atoms with Crippen molar-refractivity contribution in [2.45, 2.75) is 44.7 Å². The van der Waals surface area contributed by atoms with Crippen LogP contribution in [0.4, 0.5) is 0 Å². The van der Waals surface area contributed by atoms with Gasteiger partial charge in [0, 0.05) is 25.7 Å². The first-order valence-corrected chi connectivity index (χ1v) is 11.6. The molecule has 0 unspecified atom stereocenters. The summed E-state index contributed by atoms with van der Waals surface area (Å²) < 4.78 is 5.43. The van der Waals surface area contributed by atoms with Gasteiger partial charge in [-0.25, -0.2) is 0 Å². The number of ether oxygens (including phenoxy) is 1. The first-order valence-electron chi connectivity index (χ1n) is 11.6. The summed E-state index contributed by atoms with van der Waals surface area (Å²) in [6, 6.07) is 18.7. The third-order valence-corrected chi connectivity index (χ3v) is 6.30. The van der Waals surface area contributed by atoms with Gasteiger partial charge in [-0.3, -0.25) is 14.5 Å². The van der Waals surface area contributed by atoms with Gasteiger partial charge in [0.1, 0.15) is 12.4 Å². The summed E-state index contributed by atoms with van der Waals surface area (Å²) in [5, 5.41) is 19.1. The predicted octanol–water partition coefficient (Wildman–Crippen LogP) is 2.86. The SMILES string of the molecule is O=C(NC1CCCC1)C1(Cc2ccccc2)CN(Cc2ccc(OCCO)cc2)C1.O=CO. The normalized spacial score (nSPS) is 17.4. The van der Waals surface area contributed by atoms with Gasteiger partial charge in [-0.15, -0.1) is 0 Å². The number of aliphatic hydroxyl groups excluding tert-OH is 1. The van der Waals surface area contributed by atoms with Gasteiger partial charge in [0.25, 0.3) is 6.47 Å². The van der Waals surface area contributed by atoms with Crippen LogP contribution in [0.25, 0.3) is 0 Å². The van der Waals surface area contributed by atoms with E-state index in [0.717, 1.165) is 44.6 Å². The molecule has 2 aromatic carbocycles. The number of amides is 1. The molecular weight excluding hydrogens is 420 g/mol. The van der Waals surface area contributed by atoms with Crippen molar-refractivity contribution in [3.63, 3.8) is 0 Å². The molecule has 2 fully saturated rings. The molecule has 1 heterocycles. The zero-order valence-corrected chi connectivity index (χ0v) is 19.0. The molecule has 1 aliphatic carbocycles. The standard InChI is InChI=1S/C25H32N2O3.CH2O2/c28-14-15-30-23-12-10-21(11-13-23)17-27-18-25(19-27,16-20-6-2-1-3-7-20)24(29)26-22-8-4-5-9-22;2-1-3/h1-3,6-7,10-13,22,28H,4-5,8-9,14-19H2,(H,26,29);1H,(H,2,3). The van der Waals surface area contributed by atoms with Gasteiger partial charge in [-0.1, -0.05) is 55.3 Å². The highest BCUT2D eigenvalue weighted by Gasteiger charge is 2.49. The molecule has 7 nitrogen and oxygen atoms in total. The molecule has 0 radical (unpaired) electrons. The van der Waals surface area contributed by atoms with Crippen molar-refractivity contribution < 1.29 is 24.5 Å². The number of carboxylic acid groups (broad SMARTS) is 1. The second kappa shape index (κ2) is 12.4. The van der Waals surface area contributed by atoms with E-state index < -0.39 is 0 Å². The highest BCUT2D eigenvalue weighted by molar-refractivity contribution is 5.85. The summed E-state index contributed by atoms with van der Waals surface area (Å²) in [6.07, 6.45) is 5.46. The Bertz CT molecular complexity index is 860. The van der Waals surface area contributed by atoms with Crippen LogP contribution in [0.3, 0.4) is 0 Å². The first-order chi connectivity index (χ1) is 16.1. The number of carbonyl (C=O) groups excluding carboxylic acids is 1. The van der Waals surface area contributed by atoms with E-state index in [0.29, 0.717) is 12.6 Å². The number of likely N-dealkylation sites (tertiary alicyclic amines) is 1. The molecule has 178 valence electrons. The van der Waals surface area contributed by atoms with Gasteiger partial charge in [0.05, 0.1) is 12.0 Å². The Morgan fingerprint density at radius 1 is 1.06 bits per heavy atom. The van der Waals surface area contributed by atoms with Gasteiger partial charge in [0.15, 0.2) is 0 Å². The molecule has 7 heteroatoms. The van der Waals surface area contributed by atoms with Crippen LogP contribution >= 0.6 is 0 Å². The summed E-state index contributed by atoms with van der Waals surface area (Å²) >= 11 is 0. The van der Waals surface area contributed by atoms with Crippen LogP contribution in [-0.2, 0) is 22.6 Å². The molecule has 2 aromatic rings. The van der Waals surface area contributed by atoms with Crippen molar-refractivity contribution in [3.05, 3.63) is 65.7 Å². The lowest BCUT2D eigenvalue weighted by molar-refractivity contribution is -0.143. The van der Waals surface area contributed by atoms with Crippen molar-refractivity contribution in [3.8, 4) is 5.75 Å². The summed E-state index contributed by atoms with van der Waals surface area (Å²) in [4.78, 5) is 24.0. The Balaban J connectivity index is 0.000000968. The zero-order valence-electron chi connectivity index (χ0n) is 19.0. The Kier molecular flexibility index (Phi) is 9.27. The van der Waals surface area contributed by atoms with Crippen LogP contribution in [0, 0.1) is 5.41 Å². The third kappa shape index (κ3) is 7.04. The molecule has 0 spiro atoms. The second-order valence-electron chi connectivity index (χ2n) is 8.86. The number of nitrogens with zero attached hydrogens (tertiary/aromatic N) is 1. The van der Waals surface area contributed by atoms with E-state index in [1.54, 1.807) is 0 Å². The van der Waals surface area contributed by atoms with Gasteiger partial charge < -0.3 is 20.3 Å². The predicted molar refractivity (Wildman–Crippen MR) is 126 cm³/mol. The molecular formula is C26H34N2O5. The van der Waals surface area contributed by atoms with Gasteiger partial charge in [-0.05, 0) is 42.5 Å². The maximum atomic E-state index is 13.3. The average molecular weight is 455 g/mol. The topological polar surface area (TPSA) is 99.1 Å². The fourth-order valence-electron chi connectivity index (χ4n) is 4.77. The van der Waals surface area contributed by atoms with Crippen LogP contribution < -0.4 is 10.1 Å². The number of nitrogens with one attached hydrogen (secondary N) is 1. The number of benzene rings is 2. The number of rotatable bonds is 9. The van der Waals surface area contributed by atoms with E-state index in [9.17, 15) is 4.79 Å². The quantitative estimate of drug-likeness (QED) is 0.504. The van der Waals surface area contributed by atoms with Gasteiger partial charge in [-0.2, -0.15) is 0 Å². The van der Waals surface area contributed by atoms with Crippen LogP contribution in [0.15, 0.2) is 54.6 Å². The maximum absolute atomic E-state index is 13.3. The zero-order chi connectivity index (χ0) is 23.5. The molecule has 3 N–H and O–H groups in total. The van der Waals surface area contributed by atoms with Crippen LogP contribution in [0.1, 0.15) is 36.8 Å². The van der Waals surface area contributed by atoms with E-state index in [-0.39, 0.29) is 24.4 Å². The summed E-state index contributed by atoms with van der Waals surface area (Å²) in [7, 11) is 0. The van der Waals surface area contributed by atoms with Crippen LogP contribution in [0.2, 0.25) is 0 Å². The summed E-state index contributed by atoms with van der Waals surface area (Å²) in [6.45, 7) is 2.46. The number of carbonyl (C=O) groups is 2. The van der Waals surface area contributed by atoms with Crippen molar-refractivity contribution >= 4 is 12.4 Å². The minimum Gasteiger partial charge on any atom is -0.491 e. The minimum absolute atomic E-state index is 0.0158. The van der Waals surface area contributed by atoms with E-state index in [1.807, 2.05) is 18.2 Å². The van der Waals surface area contributed by atoms with Crippen LogP contribution in [-0.4, -0.2) is 59.8 Å². The Morgan fingerprint density at radius 3 is 2.30 bits per heavy atom. The first kappa shape index (κ1) is 24.7. The Morgan fingerprint density at radius 2 is 1.70 bits per heavy atom. The molecule has 1 saturated carbocycles. The fraction of sp³-hybridized carbons (Fsp3) is 0.462. The van der Waals surface area contributed by atoms with Crippen molar-refractivity contribution in [1.82, 2.24) is 10.2 Å². The molecule has 0 aromatic heterocycles. The molecule has 0 atom stereocenters. The van der Waals surface area contributed by atoms with E-state index >= 15 is 0 Å². The van der Waals surface area contributed by atoms with Crippen molar-refractivity contribution in [2.75, 3.05) is 26.3 Å². The molecule has 1 saturated heterocycles. The van der Waals surface area contributed by atoms with E-state index in [4.69, 9.17) is 19.7 Å². The van der Waals surface area contributed by atoms with E-state index in [1.165, 1.54) is 24.0 Å². The third-order valence-electron chi connectivity index (χ3n) is 6.30. The fourth-order valence-corrected chi connectivity index (χ4v) is 4.77. The molecule has 2 aliphatic rings. The smallest absolute Gasteiger partial charge is 0.290 e. The molecule has 1 aliphatic heterocycles. The molecule has 33 heavy (non-hydrogen) atoms. The number of hydrogen-bond donors (Lipinski definition) is 3. The average Bonchev–Trinajstić information content (AvgIpc) is 3.31. The Hall–Kier alpha value is -2.90. The summed E-state index contributed by atoms with van der Waals surface area (Å²) in [5.41, 5.74) is 2.09.